The van der Waals surface area contributed by atoms with Gasteiger partial charge in [-0.1, -0.05) is 24.6 Å². The molecule has 0 amide bonds. The highest BCUT2D eigenvalue weighted by Crippen LogP contribution is 2.07. The van der Waals surface area contributed by atoms with Crippen molar-refractivity contribution in [2.75, 3.05) is 25.0 Å². The highest BCUT2D eigenvalue weighted by molar-refractivity contribution is 5.44. The molecule has 0 aliphatic rings. The van der Waals surface area contributed by atoms with Crippen molar-refractivity contribution in [3.8, 4) is 0 Å². The number of hydrogen-bond donors (Lipinski definition) is 2. The van der Waals surface area contributed by atoms with E-state index in [2.05, 4.69) is 48.7 Å². The topological polar surface area (TPSA) is 24.1 Å². The Morgan fingerprint density at radius 3 is 2.38 bits per heavy atom. The molecule has 0 atom stereocenters. The number of likely N-dealkylation sites (N-methyl/N-ethyl adjacent to an activating group) is 1. The van der Waals surface area contributed by atoms with E-state index in [1.54, 1.807) is 0 Å². The van der Waals surface area contributed by atoms with E-state index < -0.39 is 0 Å². The number of nitrogens with one attached hydrogen (secondary N) is 2. The highest BCUT2D eigenvalue weighted by Gasteiger charge is 1.89. The molecule has 0 radical (unpaired) electrons. The Balaban J connectivity index is 2.25. The summed E-state index contributed by atoms with van der Waals surface area (Å²) in [5, 5.41) is 6.61. The van der Waals surface area contributed by atoms with Gasteiger partial charge in [0.2, 0.25) is 0 Å². The van der Waals surface area contributed by atoms with Crippen LogP contribution in [-0.4, -0.2) is 19.6 Å². The summed E-state index contributed by atoms with van der Waals surface area (Å²) < 4.78 is 0. The smallest absolute Gasteiger partial charge is 0.0340 e. The molecule has 72 valence electrons. The van der Waals surface area contributed by atoms with Crippen LogP contribution in [0.5, 0.6) is 0 Å². The fourth-order valence-electron chi connectivity index (χ4n) is 1.14. The molecular formula is C11H18N2. The third kappa shape index (κ3) is 3.95. The van der Waals surface area contributed by atoms with Crippen LogP contribution in [0.1, 0.15) is 12.5 Å². The van der Waals surface area contributed by atoms with Gasteiger partial charge in [0.05, 0.1) is 0 Å². The Kier molecular flexibility index (Phi) is 4.33. The molecule has 1 aromatic carbocycles. The monoisotopic (exact) mass is 178 g/mol. The zero-order chi connectivity index (χ0) is 9.52. The molecule has 0 saturated carbocycles. The van der Waals surface area contributed by atoms with E-state index in [-0.39, 0.29) is 0 Å². The van der Waals surface area contributed by atoms with Crippen LogP contribution in [0.4, 0.5) is 5.69 Å². The van der Waals surface area contributed by atoms with Crippen molar-refractivity contribution in [3.63, 3.8) is 0 Å². The van der Waals surface area contributed by atoms with Gasteiger partial charge in [-0.3, -0.25) is 0 Å². The summed E-state index contributed by atoms with van der Waals surface area (Å²) in [5.74, 6) is 0. The molecule has 0 aliphatic carbocycles. The SMILES string of the molecule is CCNCCNc1ccc(C)cc1. The summed E-state index contributed by atoms with van der Waals surface area (Å²) in [5.41, 5.74) is 2.50. The van der Waals surface area contributed by atoms with Crippen molar-refractivity contribution in [2.24, 2.45) is 0 Å². The molecule has 0 bridgehead atoms. The van der Waals surface area contributed by atoms with Gasteiger partial charge in [-0.15, -0.1) is 0 Å². The van der Waals surface area contributed by atoms with E-state index in [1.807, 2.05) is 0 Å². The molecule has 1 aromatic rings. The maximum absolute atomic E-state index is 3.34. The molecule has 2 heteroatoms. The first-order chi connectivity index (χ1) is 6.33. The first-order valence-electron chi connectivity index (χ1n) is 4.84. The van der Waals surface area contributed by atoms with Gasteiger partial charge in [0, 0.05) is 18.8 Å². The first-order valence-corrected chi connectivity index (χ1v) is 4.84. The van der Waals surface area contributed by atoms with Gasteiger partial charge in [-0.05, 0) is 25.6 Å². The van der Waals surface area contributed by atoms with Gasteiger partial charge in [-0.25, -0.2) is 0 Å². The fourth-order valence-corrected chi connectivity index (χ4v) is 1.14. The first kappa shape index (κ1) is 10.1. The maximum Gasteiger partial charge on any atom is 0.0340 e. The second-order valence-electron chi connectivity index (χ2n) is 3.15. The Morgan fingerprint density at radius 1 is 1.08 bits per heavy atom. The normalized spacial score (nSPS) is 10.0. The van der Waals surface area contributed by atoms with Crippen LogP contribution in [0.2, 0.25) is 0 Å². The van der Waals surface area contributed by atoms with Crippen LogP contribution < -0.4 is 10.6 Å². The van der Waals surface area contributed by atoms with Crippen molar-refractivity contribution in [3.05, 3.63) is 29.8 Å². The lowest BCUT2D eigenvalue weighted by atomic mass is 10.2. The van der Waals surface area contributed by atoms with Crippen LogP contribution in [0.3, 0.4) is 0 Å². The molecule has 13 heavy (non-hydrogen) atoms. The van der Waals surface area contributed by atoms with Crippen molar-refractivity contribution in [1.82, 2.24) is 5.32 Å². The van der Waals surface area contributed by atoms with Crippen LogP contribution in [0, 0.1) is 6.92 Å². The van der Waals surface area contributed by atoms with Crippen LogP contribution in [-0.2, 0) is 0 Å². The number of benzene rings is 1. The molecule has 0 aromatic heterocycles. The second kappa shape index (κ2) is 5.60. The highest BCUT2D eigenvalue weighted by atomic mass is 14.9. The van der Waals surface area contributed by atoms with Crippen LogP contribution in [0.15, 0.2) is 24.3 Å². The standard InChI is InChI=1S/C11H18N2/c1-3-12-8-9-13-11-6-4-10(2)5-7-11/h4-7,12-13H,3,8-9H2,1-2H3. The van der Waals surface area contributed by atoms with Gasteiger partial charge < -0.3 is 10.6 Å². The number of anilines is 1. The minimum atomic E-state index is 0.983. The summed E-state index contributed by atoms with van der Waals surface area (Å²) in [6, 6.07) is 8.47. The van der Waals surface area contributed by atoms with E-state index >= 15 is 0 Å². The molecule has 0 heterocycles. The lowest BCUT2D eigenvalue weighted by Crippen LogP contribution is -2.21. The van der Waals surface area contributed by atoms with Gasteiger partial charge in [-0.2, -0.15) is 0 Å². The average Bonchev–Trinajstić information content (AvgIpc) is 2.15. The summed E-state index contributed by atoms with van der Waals surface area (Å²) >= 11 is 0. The Bertz CT molecular complexity index is 228. The zero-order valence-electron chi connectivity index (χ0n) is 8.43. The van der Waals surface area contributed by atoms with Gasteiger partial charge in [0.1, 0.15) is 0 Å². The molecule has 2 N–H and O–H groups in total. The van der Waals surface area contributed by atoms with Gasteiger partial charge in [0.15, 0.2) is 0 Å². The fraction of sp³-hybridized carbons (Fsp3) is 0.455. The molecule has 0 aliphatic heterocycles. The predicted octanol–water partition coefficient (Wildman–Crippen LogP) is 2.02. The molecule has 0 fully saturated rings. The molecular weight excluding hydrogens is 160 g/mol. The molecule has 0 spiro atoms. The lowest BCUT2D eigenvalue weighted by Gasteiger charge is -2.06. The van der Waals surface area contributed by atoms with Crippen molar-refractivity contribution >= 4 is 5.69 Å². The average molecular weight is 178 g/mol. The summed E-state index contributed by atoms with van der Waals surface area (Å²) in [6.45, 7) is 7.26. The number of aryl methyl sites for hydroxylation is 1. The van der Waals surface area contributed by atoms with E-state index in [9.17, 15) is 0 Å². The Morgan fingerprint density at radius 2 is 1.77 bits per heavy atom. The van der Waals surface area contributed by atoms with Crippen molar-refractivity contribution in [2.45, 2.75) is 13.8 Å². The zero-order valence-corrected chi connectivity index (χ0v) is 8.43. The third-order valence-corrected chi connectivity index (χ3v) is 1.93. The van der Waals surface area contributed by atoms with Crippen molar-refractivity contribution in [1.29, 1.82) is 0 Å². The minimum absolute atomic E-state index is 0.983. The molecule has 1 rings (SSSR count). The Labute approximate surface area is 80.4 Å². The van der Waals surface area contributed by atoms with Gasteiger partial charge >= 0.3 is 0 Å². The summed E-state index contributed by atoms with van der Waals surface area (Å²) in [4.78, 5) is 0. The van der Waals surface area contributed by atoms with Crippen LogP contribution >= 0.6 is 0 Å². The summed E-state index contributed by atoms with van der Waals surface area (Å²) in [7, 11) is 0. The third-order valence-electron chi connectivity index (χ3n) is 1.93. The molecule has 2 nitrogen and oxygen atoms in total. The minimum Gasteiger partial charge on any atom is -0.384 e. The molecule has 0 unspecified atom stereocenters. The second-order valence-corrected chi connectivity index (χ2v) is 3.15. The van der Waals surface area contributed by atoms with E-state index in [0.29, 0.717) is 0 Å². The van der Waals surface area contributed by atoms with Gasteiger partial charge in [0.25, 0.3) is 0 Å². The van der Waals surface area contributed by atoms with E-state index in [4.69, 9.17) is 0 Å². The predicted molar refractivity (Wildman–Crippen MR) is 58.2 cm³/mol. The number of hydrogen-bond acceptors (Lipinski definition) is 2. The molecule has 0 saturated heterocycles. The van der Waals surface area contributed by atoms with E-state index in [0.717, 1.165) is 19.6 Å². The largest absolute Gasteiger partial charge is 0.384 e. The van der Waals surface area contributed by atoms with Crippen molar-refractivity contribution < 1.29 is 0 Å². The van der Waals surface area contributed by atoms with Crippen LogP contribution in [0.25, 0.3) is 0 Å². The van der Waals surface area contributed by atoms with E-state index in [1.165, 1.54) is 11.3 Å². The lowest BCUT2D eigenvalue weighted by molar-refractivity contribution is 0.739. The number of rotatable bonds is 5. The Hall–Kier alpha value is -1.02. The quantitative estimate of drug-likeness (QED) is 0.674. The maximum atomic E-state index is 3.34. The summed E-state index contributed by atoms with van der Waals surface area (Å²) in [6.07, 6.45) is 0.